The Labute approximate surface area is 195 Å². The van der Waals surface area contributed by atoms with E-state index in [9.17, 15) is 29.8 Å². The van der Waals surface area contributed by atoms with E-state index in [1.807, 2.05) is 0 Å². The monoisotopic (exact) mass is 492 g/mol. The van der Waals surface area contributed by atoms with E-state index in [4.69, 9.17) is 11.6 Å². The van der Waals surface area contributed by atoms with Crippen LogP contribution in [-0.2, 0) is 9.47 Å². The fourth-order valence-corrected chi connectivity index (χ4v) is 2.88. The number of ether oxygens (including phenoxy) is 2. The van der Waals surface area contributed by atoms with Crippen LogP contribution >= 0.6 is 11.6 Å². The van der Waals surface area contributed by atoms with Crippen LogP contribution in [0.2, 0.25) is 24.7 Å². The highest BCUT2D eigenvalue weighted by molar-refractivity contribution is 6.83. The largest absolute Gasteiger partial charge is 0.465 e. The van der Waals surface area contributed by atoms with Gasteiger partial charge in [0.05, 0.1) is 35.2 Å². The zero-order valence-electron chi connectivity index (χ0n) is 18.5. The number of benzene rings is 2. The van der Waals surface area contributed by atoms with E-state index >= 15 is 0 Å². The molecule has 2 rings (SSSR count). The summed E-state index contributed by atoms with van der Waals surface area (Å²) in [4.78, 5) is 42.6. The number of halogens is 1. The van der Waals surface area contributed by atoms with Gasteiger partial charge >= 0.3 is 11.9 Å². The smallest absolute Gasteiger partial charge is 0.338 e. The van der Waals surface area contributed by atoms with Crippen molar-refractivity contribution < 1.29 is 28.9 Å². The summed E-state index contributed by atoms with van der Waals surface area (Å²) in [5.74, 6) is 1.60. The van der Waals surface area contributed by atoms with Crippen molar-refractivity contribution in [1.29, 1.82) is 0 Å². The first kappa shape index (κ1) is 27.3. The standard InChI is InChI=1S/C13H15NO4Si.C8H6ClNO4/c1-18-13(15)11-6-5-10(7-8-19(2,3)4)12(9-11)14(16)17;1-14-8(11)5-2-3-6(9)7(4-5)10(12)13/h5-6,9H,1-4H3;2-4H,1H3. The van der Waals surface area contributed by atoms with Crippen molar-refractivity contribution in [2.24, 2.45) is 0 Å². The second-order valence-corrected chi connectivity index (χ2v) is 12.6. The van der Waals surface area contributed by atoms with E-state index in [2.05, 4.69) is 40.6 Å². The van der Waals surface area contributed by atoms with Crippen molar-refractivity contribution in [3.63, 3.8) is 0 Å². The molecule has 0 aliphatic rings. The Hall–Kier alpha value is -3.75. The fourth-order valence-electron chi connectivity index (χ4n) is 2.19. The third-order valence-electron chi connectivity index (χ3n) is 3.75. The first-order chi connectivity index (χ1) is 15.3. The molecular formula is C21H21ClN2O8Si. The topological polar surface area (TPSA) is 139 Å². The van der Waals surface area contributed by atoms with E-state index in [0.717, 1.165) is 6.07 Å². The molecule has 0 heterocycles. The molecule has 0 aliphatic heterocycles. The summed E-state index contributed by atoms with van der Waals surface area (Å²) >= 11 is 5.55. The maximum absolute atomic E-state index is 11.3. The predicted octanol–water partition coefficient (Wildman–Crippen LogP) is 4.65. The van der Waals surface area contributed by atoms with E-state index in [1.165, 1.54) is 44.6 Å². The van der Waals surface area contributed by atoms with Crippen LogP contribution < -0.4 is 0 Å². The molecule has 0 aromatic heterocycles. The minimum atomic E-state index is -1.62. The molecule has 10 nitrogen and oxygen atoms in total. The second-order valence-electron chi connectivity index (χ2n) is 7.40. The van der Waals surface area contributed by atoms with Crippen LogP contribution in [-0.4, -0.2) is 44.1 Å². The Morgan fingerprint density at radius 3 is 1.76 bits per heavy atom. The lowest BCUT2D eigenvalue weighted by Crippen LogP contribution is -2.16. The summed E-state index contributed by atoms with van der Waals surface area (Å²) in [6.07, 6.45) is 0. The average molecular weight is 493 g/mol. The zero-order valence-corrected chi connectivity index (χ0v) is 20.3. The van der Waals surface area contributed by atoms with E-state index in [1.54, 1.807) is 0 Å². The van der Waals surface area contributed by atoms with Gasteiger partial charge in [0.1, 0.15) is 18.7 Å². The molecule has 0 N–H and O–H groups in total. The Morgan fingerprint density at radius 2 is 1.33 bits per heavy atom. The molecule has 0 saturated carbocycles. The van der Waals surface area contributed by atoms with Gasteiger partial charge < -0.3 is 9.47 Å². The highest BCUT2D eigenvalue weighted by Crippen LogP contribution is 2.25. The van der Waals surface area contributed by atoms with Crippen LogP contribution in [0, 0.1) is 31.7 Å². The highest BCUT2D eigenvalue weighted by atomic mass is 35.5. The molecule has 0 aliphatic carbocycles. The van der Waals surface area contributed by atoms with Crippen molar-refractivity contribution in [2.45, 2.75) is 19.6 Å². The maximum Gasteiger partial charge on any atom is 0.338 e. The van der Waals surface area contributed by atoms with Crippen LogP contribution in [0.15, 0.2) is 36.4 Å². The van der Waals surface area contributed by atoms with Gasteiger partial charge in [-0.3, -0.25) is 20.2 Å². The molecule has 0 spiro atoms. The zero-order chi connectivity index (χ0) is 25.3. The summed E-state index contributed by atoms with van der Waals surface area (Å²) < 4.78 is 8.94. The predicted molar refractivity (Wildman–Crippen MR) is 124 cm³/mol. The molecule has 0 atom stereocenters. The number of nitrogens with zero attached hydrogens (tertiary/aromatic N) is 2. The molecule has 0 saturated heterocycles. The van der Waals surface area contributed by atoms with E-state index < -0.39 is 29.9 Å². The van der Waals surface area contributed by atoms with Crippen LogP contribution in [0.1, 0.15) is 26.3 Å². The Kier molecular flexibility index (Phi) is 9.71. The van der Waals surface area contributed by atoms with Gasteiger partial charge in [-0.2, -0.15) is 0 Å². The van der Waals surface area contributed by atoms with Crippen molar-refractivity contribution in [3.8, 4) is 11.5 Å². The Balaban J connectivity index is 0.000000346. The van der Waals surface area contributed by atoms with E-state index in [-0.39, 0.29) is 27.5 Å². The first-order valence-electron chi connectivity index (χ1n) is 9.23. The fraction of sp³-hybridized carbons (Fsp3) is 0.238. The third kappa shape index (κ3) is 8.36. The molecule has 0 radical (unpaired) electrons. The molecule has 0 unspecified atom stereocenters. The second kappa shape index (κ2) is 11.7. The van der Waals surface area contributed by atoms with Gasteiger partial charge in [0, 0.05) is 12.1 Å². The number of nitro groups is 2. The number of esters is 2. The normalized spacial score (nSPS) is 10.0. The van der Waals surface area contributed by atoms with Crippen LogP contribution in [0.25, 0.3) is 0 Å². The molecule has 0 fully saturated rings. The highest BCUT2D eigenvalue weighted by Gasteiger charge is 2.18. The molecule has 0 amide bonds. The van der Waals surface area contributed by atoms with Crippen LogP contribution in [0.3, 0.4) is 0 Å². The lowest BCUT2D eigenvalue weighted by Gasteiger charge is -2.04. The SMILES string of the molecule is COC(=O)c1ccc(C#C[Si](C)(C)C)c([N+](=O)[O-])c1.COC(=O)c1ccc(Cl)c([N+](=O)[O-])c1. The molecule has 0 bridgehead atoms. The van der Waals surface area contributed by atoms with E-state index in [0.29, 0.717) is 5.56 Å². The minimum Gasteiger partial charge on any atom is -0.465 e. The van der Waals surface area contributed by atoms with Crippen LogP contribution in [0.4, 0.5) is 11.4 Å². The number of nitro benzene ring substituents is 2. The molecule has 174 valence electrons. The number of hydrogen-bond donors (Lipinski definition) is 0. The van der Waals surface area contributed by atoms with Gasteiger partial charge in [-0.15, -0.1) is 5.54 Å². The Bertz CT molecular complexity index is 1150. The van der Waals surface area contributed by atoms with Crippen molar-refractivity contribution in [3.05, 3.63) is 78.3 Å². The molecule has 12 heteroatoms. The van der Waals surface area contributed by atoms with Crippen LogP contribution in [0.5, 0.6) is 0 Å². The Morgan fingerprint density at radius 1 is 0.879 bits per heavy atom. The lowest BCUT2D eigenvalue weighted by molar-refractivity contribution is -0.385. The average Bonchev–Trinajstić information content (AvgIpc) is 2.76. The number of methoxy groups -OCH3 is 2. The van der Waals surface area contributed by atoms with Gasteiger partial charge in [0.25, 0.3) is 11.4 Å². The van der Waals surface area contributed by atoms with Gasteiger partial charge in [-0.05, 0) is 24.3 Å². The maximum atomic E-state index is 11.3. The molecule has 33 heavy (non-hydrogen) atoms. The summed E-state index contributed by atoms with van der Waals surface area (Å²) in [6.45, 7) is 6.15. The van der Waals surface area contributed by atoms with Crippen molar-refractivity contribution >= 4 is 43.0 Å². The number of carbonyl (C=O) groups is 2. The minimum absolute atomic E-state index is 0.0114. The van der Waals surface area contributed by atoms with Gasteiger partial charge in [0.2, 0.25) is 0 Å². The summed E-state index contributed by atoms with van der Waals surface area (Å²) in [5, 5.41) is 21.4. The first-order valence-corrected chi connectivity index (χ1v) is 13.1. The summed E-state index contributed by atoms with van der Waals surface area (Å²) in [7, 11) is 0.811. The number of rotatable bonds is 4. The third-order valence-corrected chi connectivity index (χ3v) is 4.95. The van der Waals surface area contributed by atoms with Gasteiger partial charge in [-0.1, -0.05) is 37.2 Å². The molecule has 2 aromatic rings. The summed E-state index contributed by atoms with van der Waals surface area (Å²) in [6, 6.07) is 7.88. The number of hydrogen-bond acceptors (Lipinski definition) is 8. The van der Waals surface area contributed by atoms with Gasteiger partial charge in [0.15, 0.2) is 0 Å². The molecule has 2 aromatic carbocycles. The van der Waals surface area contributed by atoms with Crippen molar-refractivity contribution in [1.82, 2.24) is 0 Å². The van der Waals surface area contributed by atoms with Crippen molar-refractivity contribution in [2.75, 3.05) is 14.2 Å². The number of carbonyl (C=O) groups excluding carboxylic acids is 2. The van der Waals surface area contributed by atoms with Gasteiger partial charge in [-0.25, -0.2) is 9.59 Å². The summed E-state index contributed by atoms with van der Waals surface area (Å²) in [5.41, 5.74) is 3.15. The lowest BCUT2D eigenvalue weighted by atomic mass is 10.1. The molecular weight excluding hydrogens is 472 g/mol. The quantitative estimate of drug-likeness (QED) is 0.197.